The first kappa shape index (κ1) is 28.6. The summed E-state index contributed by atoms with van der Waals surface area (Å²) in [6, 6.07) is 3.43. The Kier molecular flexibility index (Phi) is 9.65. The van der Waals surface area contributed by atoms with E-state index < -0.39 is 27.6 Å². The molecule has 0 fully saturated rings. The molecule has 0 radical (unpaired) electrons. The van der Waals surface area contributed by atoms with E-state index in [-0.39, 0.29) is 24.0 Å². The van der Waals surface area contributed by atoms with Crippen LogP contribution in [0.25, 0.3) is 0 Å². The second-order valence-corrected chi connectivity index (χ2v) is 11.0. The number of hydrogen-bond acceptors (Lipinski definition) is 9. The van der Waals surface area contributed by atoms with Crippen LogP contribution < -0.4 is 26.0 Å². The fourth-order valence-electron chi connectivity index (χ4n) is 4.51. The van der Waals surface area contributed by atoms with Gasteiger partial charge in [-0.2, -0.15) is 4.72 Å². The van der Waals surface area contributed by atoms with Crippen molar-refractivity contribution in [2.24, 2.45) is 5.16 Å². The number of aryl methyl sites for hydroxylation is 3. The molecule has 1 amide bonds. The third-order valence-electron chi connectivity index (χ3n) is 6.09. The number of amides is 1. The van der Waals surface area contributed by atoms with E-state index in [0.717, 1.165) is 12.1 Å². The average Bonchev–Trinajstić information content (AvgIpc) is 3.31. The Hall–Kier alpha value is -3.00. The van der Waals surface area contributed by atoms with Crippen LogP contribution in [0.1, 0.15) is 48.8 Å². The van der Waals surface area contributed by atoms with Gasteiger partial charge in [0.15, 0.2) is 0 Å². The van der Waals surface area contributed by atoms with Crippen LogP contribution in [0.3, 0.4) is 0 Å². The summed E-state index contributed by atoms with van der Waals surface area (Å²) in [5, 5.41) is 26.0. The van der Waals surface area contributed by atoms with Crippen molar-refractivity contribution in [3.63, 3.8) is 0 Å². The van der Waals surface area contributed by atoms with E-state index in [1.165, 1.54) is 0 Å². The minimum atomic E-state index is -4.32. The van der Waals surface area contributed by atoms with E-state index >= 15 is 0 Å². The van der Waals surface area contributed by atoms with E-state index in [4.69, 9.17) is 4.84 Å². The fraction of sp³-hybridized carbons (Fsp3) is 0.542. The van der Waals surface area contributed by atoms with Crippen molar-refractivity contribution in [3.05, 3.63) is 41.1 Å². The molecule has 2 unspecified atom stereocenters. The number of unbranched alkanes of at least 4 members (excludes halogenated alkanes) is 1. The monoisotopic (exact) mass is 536 g/mol. The molecule has 13 heteroatoms. The van der Waals surface area contributed by atoms with Gasteiger partial charge in [-0.1, -0.05) is 28.9 Å². The number of hydrogen-bond donors (Lipinski definition) is 6. The number of carboxylic acids is 1. The summed E-state index contributed by atoms with van der Waals surface area (Å²) >= 11 is 0. The lowest BCUT2D eigenvalue weighted by Gasteiger charge is -2.32. The van der Waals surface area contributed by atoms with Gasteiger partial charge in [0.05, 0.1) is 17.0 Å². The van der Waals surface area contributed by atoms with Gasteiger partial charge in [0, 0.05) is 13.0 Å². The second kappa shape index (κ2) is 12.5. The maximum absolute atomic E-state index is 13.5. The lowest BCUT2D eigenvalue weighted by atomic mass is 10.0. The maximum Gasteiger partial charge on any atom is 0.345 e. The largest absolute Gasteiger partial charge is 0.478 e. The third kappa shape index (κ3) is 7.74. The molecule has 0 spiro atoms. The number of rotatable bonds is 13. The Morgan fingerprint density at radius 3 is 2.54 bits per heavy atom. The highest BCUT2D eigenvalue weighted by atomic mass is 32.2. The minimum absolute atomic E-state index is 0.00397. The lowest BCUT2D eigenvalue weighted by molar-refractivity contribution is -0.148. The highest BCUT2D eigenvalue weighted by Gasteiger charge is 2.44. The Bertz CT molecular complexity index is 1150. The number of sulfonamides is 1. The van der Waals surface area contributed by atoms with E-state index in [1.807, 2.05) is 19.2 Å². The van der Waals surface area contributed by atoms with Gasteiger partial charge in [-0.3, -0.25) is 15.4 Å². The SMILES string of the molecule is Cc1cc(C)c(S(=O)(=O)NC(CCCCNC2NC=CCN2)(NC(=O)CC2=NOCC2)C(=O)O)c(C)c1. The molecule has 2 atom stereocenters. The molecule has 204 valence electrons. The van der Waals surface area contributed by atoms with Gasteiger partial charge in [0.1, 0.15) is 12.9 Å². The molecule has 6 N–H and O–H groups in total. The van der Waals surface area contributed by atoms with Crippen LogP contribution in [0, 0.1) is 20.8 Å². The second-order valence-electron chi connectivity index (χ2n) is 9.33. The van der Waals surface area contributed by atoms with Crippen LogP contribution in [0.15, 0.2) is 34.5 Å². The standard InChI is InChI=1S/C24H36N6O6S/c1-16-13-17(2)21(18(3)14-16)37(34,35)30-24(22(32)33,28-20(31)15-19-7-12-36-29-19)8-4-5-9-25-23-26-10-6-11-27-23/h6,10,13-14,23,25-27,30H,4-5,7-9,11-12,15H2,1-3H3,(H,28,31)(H,32,33). The summed E-state index contributed by atoms with van der Waals surface area (Å²) < 4.78 is 29.4. The first-order chi connectivity index (χ1) is 17.5. The van der Waals surface area contributed by atoms with E-state index in [9.17, 15) is 23.1 Å². The van der Waals surface area contributed by atoms with Crippen molar-refractivity contribution in [1.82, 2.24) is 26.0 Å². The Morgan fingerprint density at radius 2 is 1.95 bits per heavy atom. The number of carbonyl (C=O) groups is 2. The van der Waals surface area contributed by atoms with Crippen LogP contribution in [-0.4, -0.2) is 62.8 Å². The summed E-state index contributed by atoms with van der Waals surface area (Å²) in [6.07, 6.45) is 4.62. The van der Waals surface area contributed by atoms with Gasteiger partial charge in [-0.15, -0.1) is 0 Å². The smallest absolute Gasteiger partial charge is 0.345 e. The summed E-state index contributed by atoms with van der Waals surface area (Å²) in [5.41, 5.74) is 0.0773. The van der Waals surface area contributed by atoms with E-state index in [0.29, 0.717) is 49.3 Å². The Morgan fingerprint density at radius 1 is 1.22 bits per heavy atom. The number of oxime groups is 1. The predicted molar refractivity (Wildman–Crippen MR) is 138 cm³/mol. The molecule has 0 bridgehead atoms. The van der Waals surface area contributed by atoms with Gasteiger partial charge in [0.2, 0.25) is 21.6 Å². The lowest BCUT2D eigenvalue weighted by Crippen LogP contribution is -2.65. The number of benzene rings is 1. The van der Waals surface area contributed by atoms with Crippen molar-refractivity contribution in [2.75, 3.05) is 19.7 Å². The van der Waals surface area contributed by atoms with Gasteiger partial charge in [-0.05, 0) is 63.9 Å². The first-order valence-electron chi connectivity index (χ1n) is 12.2. The van der Waals surface area contributed by atoms with Crippen LogP contribution >= 0.6 is 0 Å². The molecule has 3 rings (SSSR count). The maximum atomic E-state index is 13.5. The summed E-state index contributed by atoms with van der Waals surface area (Å²) in [7, 11) is -4.32. The molecule has 1 aromatic carbocycles. The summed E-state index contributed by atoms with van der Waals surface area (Å²) in [6.45, 7) is 6.76. The van der Waals surface area contributed by atoms with Crippen molar-refractivity contribution in [1.29, 1.82) is 0 Å². The predicted octanol–water partition coefficient (Wildman–Crippen LogP) is 0.704. The number of nitrogens with zero attached hydrogens (tertiary/aromatic N) is 1. The zero-order chi connectivity index (χ0) is 27.1. The molecule has 0 aliphatic carbocycles. The Balaban J connectivity index is 1.79. The number of nitrogens with one attached hydrogen (secondary N) is 5. The van der Waals surface area contributed by atoms with Gasteiger partial charge >= 0.3 is 5.97 Å². The van der Waals surface area contributed by atoms with Gasteiger partial charge in [0.25, 0.3) is 0 Å². The van der Waals surface area contributed by atoms with Crippen molar-refractivity contribution >= 4 is 27.6 Å². The molecule has 12 nitrogen and oxygen atoms in total. The zero-order valence-corrected chi connectivity index (χ0v) is 22.2. The van der Waals surface area contributed by atoms with Crippen molar-refractivity contribution in [2.45, 2.75) is 69.7 Å². The van der Waals surface area contributed by atoms with Gasteiger partial charge in [-0.25, -0.2) is 13.2 Å². The number of aliphatic carboxylic acids is 1. The minimum Gasteiger partial charge on any atom is -0.478 e. The van der Waals surface area contributed by atoms with Crippen LogP contribution in [0.5, 0.6) is 0 Å². The molecule has 37 heavy (non-hydrogen) atoms. The van der Waals surface area contributed by atoms with E-state index in [2.05, 4.69) is 31.1 Å². The average molecular weight is 537 g/mol. The van der Waals surface area contributed by atoms with E-state index in [1.54, 1.807) is 26.0 Å². The molecule has 0 saturated heterocycles. The molecular formula is C24H36N6O6S. The van der Waals surface area contributed by atoms with Crippen LogP contribution in [-0.2, 0) is 24.4 Å². The van der Waals surface area contributed by atoms with Crippen LogP contribution in [0.2, 0.25) is 0 Å². The molecule has 1 aromatic rings. The molecular weight excluding hydrogens is 500 g/mol. The fourth-order valence-corrected chi connectivity index (χ4v) is 6.28. The molecule has 2 heterocycles. The van der Waals surface area contributed by atoms with Gasteiger partial charge < -0.3 is 20.6 Å². The molecule has 0 saturated carbocycles. The molecule has 2 aliphatic heterocycles. The molecule has 2 aliphatic rings. The topological polar surface area (TPSA) is 170 Å². The quantitative estimate of drug-likeness (QED) is 0.157. The highest BCUT2D eigenvalue weighted by molar-refractivity contribution is 7.89. The Labute approximate surface area is 217 Å². The zero-order valence-electron chi connectivity index (χ0n) is 21.4. The summed E-state index contributed by atoms with van der Waals surface area (Å²) in [4.78, 5) is 30.3. The summed E-state index contributed by atoms with van der Waals surface area (Å²) in [5.74, 6) is -2.16. The highest BCUT2D eigenvalue weighted by Crippen LogP contribution is 2.25. The molecule has 0 aromatic heterocycles. The first-order valence-corrected chi connectivity index (χ1v) is 13.7. The van der Waals surface area contributed by atoms with Crippen molar-refractivity contribution in [3.8, 4) is 0 Å². The normalized spacial score (nSPS) is 18.9. The van der Waals surface area contributed by atoms with Crippen LogP contribution in [0.4, 0.5) is 0 Å². The number of carboxylic acid groups (broad SMARTS) is 1. The third-order valence-corrected chi connectivity index (χ3v) is 7.89. The van der Waals surface area contributed by atoms with Crippen molar-refractivity contribution < 1.29 is 28.0 Å². The number of carbonyl (C=O) groups excluding carboxylic acids is 1.